The molecule has 0 atom stereocenters. The molecule has 2 aromatic carbocycles. The maximum Gasteiger partial charge on any atom is 0.453 e. The molecule has 0 radical (unpaired) electrons. The van der Waals surface area contributed by atoms with Crippen LogP contribution in [0, 0.1) is 10.1 Å². The van der Waals surface area contributed by atoms with Crippen molar-refractivity contribution in [1.82, 2.24) is 14.8 Å². The Morgan fingerprint density at radius 1 is 1.19 bits per heavy atom. The van der Waals surface area contributed by atoms with Gasteiger partial charge in [-0.05, 0) is 36.6 Å². The van der Waals surface area contributed by atoms with Crippen LogP contribution in [0.1, 0.15) is 5.82 Å². The molecule has 0 aliphatic carbocycles. The van der Waals surface area contributed by atoms with E-state index >= 15 is 0 Å². The van der Waals surface area contributed by atoms with Crippen LogP contribution in [-0.4, -0.2) is 25.9 Å². The predicted molar refractivity (Wildman–Crippen MR) is 95.2 cm³/mol. The van der Waals surface area contributed by atoms with Crippen molar-refractivity contribution in [2.45, 2.75) is 11.1 Å². The molecular formula is C16H10ClF3N4O2S. The van der Waals surface area contributed by atoms with Crippen molar-refractivity contribution >= 4 is 29.1 Å². The van der Waals surface area contributed by atoms with Crippen molar-refractivity contribution < 1.29 is 18.1 Å². The van der Waals surface area contributed by atoms with Crippen molar-refractivity contribution in [1.29, 1.82) is 0 Å². The van der Waals surface area contributed by atoms with Crippen LogP contribution >= 0.6 is 23.4 Å². The van der Waals surface area contributed by atoms with Crippen molar-refractivity contribution in [3.63, 3.8) is 0 Å². The van der Waals surface area contributed by atoms with Gasteiger partial charge in [-0.15, -0.1) is 16.9 Å². The number of halogens is 4. The lowest BCUT2D eigenvalue weighted by Gasteiger charge is -2.08. The first-order valence-electron chi connectivity index (χ1n) is 7.33. The average molecular weight is 415 g/mol. The van der Waals surface area contributed by atoms with Crippen LogP contribution < -0.4 is 0 Å². The van der Waals surface area contributed by atoms with Gasteiger partial charge in [0.25, 0.3) is 11.5 Å². The third kappa shape index (κ3) is 3.91. The second-order valence-electron chi connectivity index (χ2n) is 5.29. The lowest BCUT2D eigenvalue weighted by atomic mass is 10.2. The summed E-state index contributed by atoms with van der Waals surface area (Å²) in [5.41, 5.74) is 0.162. The summed E-state index contributed by atoms with van der Waals surface area (Å²) in [4.78, 5) is 14.7. The van der Waals surface area contributed by atoms with E-state index < -0.39 is 16.9 Å². The monoisotopic (exact) mass is 414 g/mol. The first kappa shape index (κ1) is 19.2. The van der Waals surface area contributed by atoms with Crippen LogP contribution in [0.2, 0.25) is 5.02 Å². The van der Waals surface area contributed by atoms with Crippen LogP contribution in [0.3, 0.4) is 0 Å². The molecule has 0 aliphatic rings. The Kier molecular flexibility index (Phi) is 5.11. The molecule has 3 aromatic rings. The largest absolute Gasteiger partial charge is 0.453 e. The second-order valence-corrected chi connectivity index (χ2v) is 6.57. The van der Waals surface area contributed by atoms with Crippen molar-refractivity contribution in [2.24, 2.45) is 0 Å². The van der Waals surface area contributed by atoms with E-state index in [1.165, 1.54) is 17.8 Å². The highest BCUT2D eigenvalue weighted by Gasteiger charge is 2.37. The molecule has 0 unspecified atom stereocenters. The number of aromatic nitrogens is 3. The standard InChI is InChI=1S/C16H10ClF3N4O2S/c1-27-11-5-2-9(3-6-11)23-14(21-15(22-23)16(18,19)20)12-7-4-10(24(25)26)8-13(12)17/h2-8H,1H3. The third-order valence-electron chi connectivity index (χ3n) is 3.58. The molecular weight excluding hydrogens is 405 g/mol. The predicted octanol–water partition coefficient (Wildman–Crippen LogP) is 5.24. The zero-order valence-corrected chi connectivity index (χ0v) is 15.1. The fourth-order valence-electron chi connectivity index (χ4n) is 2.31. The Balaban J connectivity index is 2.19. The average Bonchev–Trinajstić information content (AvgIpc) is 3.07. The van der Waals surface area contributed by atoms with Gasteiger partial charge in [0.05, 0.1) is 15.6 Å². The minimum absolute atomic E-state index is 0.0965. The number of hydrogen-bond donors (Lipinski definition) is 0. The Labute approximate surface area is 160 Å². The molecule has 0 spiro atoms. The van der Waals surface area contributed by atoms with E-state index in [9.17, 15) is 23.3 Å². The Morgan fingerprint density at radius 3 is 2.37 bits per heavy atom. The maximum atomic E-state index is 13.1. The molecule has 0 N–H and O–H groups in total. The van der Waals surface area contributed by atoms with E-state index in [0.717, 1.165) is 21.7 Å². The highest BCUT2D eigenvalue weighted by atomic mass is 35.5. The van der Waals surface area contributed by atoms with Crippen LogP contribution in [0.4, 0.5) is 18.9 Å². The molecule has 0 bridgehead atoms. The quantitative estimate of drug-likeness (QED) is 0.332. The first-order chi connectivity index (χ1) is 12.7. The van der Waals surface area contributed by atoms with Gasteiger partial charge in [0.2, 0.25) is 0 Å². The van der Waals surface area contributed by atoms with Crippen LogP contribution in [0.5, 0.6) is 0 Å². The summed E-state index contributed by atoms with van der Waals surface area (Å²) in [6.45, 7) is 0. The molecule has 3 rings (SSSR count). The number of benzene rings is 2. The molecule has 11 heteroatoms. The topological polar surface area (TPSA) is 73.8 Å². The fraction of sp³-hybridized carbons (Fsp3) is 0.125. The summed E-state index contributed by atoms with van der Waals surface area (Å²) < 4.78 is 40.4. The maximum absolute atomic E-state index is 13.1. The highest BCUT2D eigenvalue weighted by molar-refractivity contribution is 7.98. The third-order valence-corrected chi connectivity index (χ3v) is 4.64. The van der Waals surface area contributed by atoms with Gasteiger partial charge in [0, 0.05) is 22.6 Å². The van der Waals surface area contributed by atoms with Crippen molar-refractivity contribution in [2.75, 3.05) is 6.26 Å². The molecule has 27 heavy (non-hydrogen) atoms. The normalized spacial score (nSPS) is 11.6. The molecule has 1 heterocycles. The van der Waals surface area contributed by atoms with Gasteiger partial charge < -0.3 is 0 Å². The number of hydrogen-bond acceptors (Lipinski definition) is 5. The van der Waals surface area contributed by atoms with Gasteiger partial charge in [0.1, 0.15) is 0 Å². The smallest absolute Gasteiger partial charge is 0.258 e. The number of alkyl halides is 3. The van der Waals surface area contributed by atoms with Gasteiger partial charge in [-0.25, -0.2) is 9.67 Å². The van der Waals surface area contributed by atoms with E-state index in [4.69, 9.17) is 11.6 Å². The van der Waals surface area contributed by atoms with E-state index in [0.29, 0.717) is 5.69 Å². The van der Waals surface area contributed by atoms with Gasteiger partial charge in [-0.2, -0.15) is 13.2 Å². The second kappa shape index (κ2) is 7.20. The first-order valence-corrected chi connectivity index (χ1v) is 8.94. The summed E-state index contributed by atoms with van der Waals surface area (Å²) in [6.07, 6.45) is -2.89. The minimum Gasteiger partial charge on any atom is -0.258 e. The zero-order chi connectivity index (χ0) is 19.8. The molecule has 0 aliphatic heterocycles. The minimum atomic E-state index is -4.76. The molecule has 0 saturated heterocycles. The summed E-state index contributed by atoms with van der Waals surface area (Å²) in [5, 5.41) is 14.3. The molecule has 0 amide bonds. The Morgan fingerprint density at radius 2 is 1.85 bits per heavy atom. The van der Waals surface area contributed by atoms with Crippen molar-refractivity contribution in [3.05, 3.63) is 63.4 Å². The summed E-state index contributed by atoms with van der Waals surface area (Å²) in [5.74, 6) is -1.50. The van der Waals surface area contributed by atoms with E-state index in [1.807, 2.05) is 6.26 Å². The van der Waals surface area contributed by atoms with Gasteiger partial charge >= 0.3 is 6.18 Å². The summed E-state index contributed by atoms with van der Waals surface area (Å²) in [6, 6.07) is 10.1. The van der Waals surface area contributed by atoms with Gasteiger partial charge in [0.15, 0.2) is 5.82 Å². The molecule has 140 valence electrons. The van der Waals surface area contributed by atoms with Crippen LogP contribution in [0.25, 0.3) is 17.1 Å². The van der Waals surface area contributed by atoms with Crippen LogP contribution in [0.15, 0.2) is 47.4 Å². The van der Waals surface area contributed by atoms with Crippen LogP contribution in [-0.2, 0) is 6.18 Å². The van der Waals surface area contributed by atoms with E-state index in [-0.39, 0.29) is 22.1 Å². The summed E-state index contributed by atoms with van der Waals surface area (Å²) in [7, 11) is 0. The zero-order valence-electron chi connectivity index (χ0n) is 13.6. The number of rotatable bonds is 4. The fourth-order valence-corrected chi connectivity index (χ4v) is 2.98. The van der Waals surface area contributed by atoms with Gasteiger partial charge in [-0.3, -0.25) is 10.1 Å². The summed E-state index contributed by atoms with van der Waals surface area (Å²) >= 11 is 7.55. The van der Waals surface area contributed by atoms with Gasteiger partial charge in [-0.1, -0.05) is 11.6 Å². The lowest BCUT2D eigenvalue weighted by molar-refractivity contribution is -0.384. The Hall–Kier alpha value is -2.59. The number of nitro benzene ring substituents is 1. The molecule has 1 aromatic heterocycles. The molecule has 0 saturated carbocycles. The SMILES string of the molecule is CSc1ccc(-n2nc(C(F)(F)F)nc2-c2ccc([N+](=O)[O-])cc2Cl)cc1. The number of non-ortho nitro benzene ring substituents is 1. The van der Waals surface area contributed by atoms with E-state index in [2.05, 4.69) is 10.1 Å². The number of nitro groups is 1. The Bertz CT molecular complexity index is 1010. The number of thioether (sulfide) groups is 1. The molecule has 0 fully saturated rings. The van der Waals surface area contributed by atoms with E-state index in [1.54, 1.807) is 24.3 Å². The molecule has 6 nitrogen and oxygen atoms in total. The van der Waals surface area contributed by atoms with Crippen molar-refractivity contribution in [3.8, 4) is 17.1 Å². The highest BCUT2D eigenvalue weighted by Crippen LogP contribution is 2.34. The lowest BCUT2D eigenvalue weighted by Crippen LogP contribution is -2.08. The number of nitrogens with zero attached hydrogens (tertiary/aromatic N) is 4.